The van der Waals surface area contributed by atoms with E-state index < -0.39 is 12.1 Å². The summed E-state index contributed by atoms with van der Waals surface area (Å²) >= 11 is 2.17. The van der Waals surface area contributed by atoms with Crippen LogP contribution < -0.4 is 4.74 Å². The Morgan fingerprint density at radius 1 is 1.27 bits per heavy atom. The first-order chi connectivity index (χ1) is 17.9. The molecule has 0 aliphatic heterocycles. The highest BCUT2D eigenvalue weighted by Crippen LogP contribution is 2.30. The van der Waals surface area contributed by atoms with E-state index in [0.717, 1.165) is 18.4 Å². The molecule has 2 atom stereocenters. The van der Waals surface area contributed by atoms with E-state index in [4.69, 9.17) is 9.47 Å². The fourth-order valence-corrected chi connectivity index (χ4v) is 4.85. The molecular formula is C25H29IN6O5. The van der Waals surface area contributed by atoms with Gasteiger partial charge in [0.25, 0.3) is 0 Å². The van der Waals surface area contributed by atoms with E-state index in [-0.39, 0.29) is 18.6 Å². The Kier molecular flexibility index (Phi) is 8.90. The van der Waals surface area contributed by atoms with Crippen LogP contribution in [0.1, 0.15) is 42.6 Å². The van der Waals surface area contributed by atoms with E-state index in [1.54, 1.807) is 30.2 Å². The van der Waals surface area contributed by atoms with Gasteiger partial charge in [0.15, 0.2) is 0 Å². The largest absolute Gasteiger partial charge is 0.489 e. The summed E-state index contributed by atoms with van der Waals surface area (Å²) in [6.45, 7) is 2.20. The van der Waals surface area contributed by atoms with Crippen LogP contribution in [0.25, 0.3) is 11.4 Å². The van der Waals surface area contributed by atoms with Crippen LogP contribution in [0.5, 0.6) is 5.75 Å². The van der Waals surface area contributed by atoms with Crippen LogP contribution in [0.4, 0.5) is 4.79 Å². The molecule has 0 aromatic carbocycles. The van der Waals surface area contributed by atoms with Crippen LogP contribution in [0.3, 0.4) is 0 Å². The van der Waals surface area contributed by atoms with Crippen LogP contribution >= 0.6 is 22.6 Å². The minimum atomic E-state index is -0.770. The highest BCUT2D eigenvalue weighted by atomic mass is 127. The van der Waals surface area contributed by atoms with Gasteiger partial charge in [0.1, 0.15) is 23.7 Å². The summed E-state index contributed by atoms with van der Waals surface area (Å²) in [4.78, 5) is 34.2. The van der Waals surface area contributed by atoms with Gasteiger partial charge in [0.05, 0.1) is 34.5 Å². The van der Waals surface area contributed by atoms with Gasteiger partial charge < -0.3 is 19.5 Å². The van der Waals surface area contributed by atoms with E-state index in [0.29, 0.717) is 52.5 Å². The number of carboxylic acids is 1. The number of carbonyl (C=O) groups excluding carboxylic acids is 1. The molecular weight excluding hydrogens is 591 g/mol. The molecule has 11 nitrogen and oxygen atoms in total. The molecule has 37 heavy (non-hydrogen) atoms. The van der Waals surface area contributed by atoms with Gasteiger partial charge in [-0.05, 0) is 56.4 Å². The monoisotopic (exact) mass is 620 g/mol. The molecule has 4 rings (SSSR count). The maximum atomic E-state index is 12.6. The molecule has 1 aliphatic rings. The number of hydrogen-bond donors (Lipinski definition) is 1. The van der Waals surface area contributed by atoms with Crippen LogP contribution in [-0.4, -0.2) is 60.2 Å². The molecule has 0 unspecified atom stereocenters. The Morgan fingerprint density at radius 3 is 2.81 bits per heavy atom. The van der Waals surface area contributed by atoms with E-state index in [1.807, 2.05) is 25.1 Å². The number of aryl methyl sites for hydroxylation is 1. The Balaban J connectivity index is 1.44. The number of rotatable bonds is 9. The van der Waals surface area contributed by atoms with Crippen molar-refractivity contribution in [1.29, 1.82) is 0 Å². The van der Waals surface area contributed by atoms with Gasteiger partial charge in [-0.2, -0.15) is 0 Å². The molecule has 1 aliphatic carbocycles. The summed E-state index contributed by atoms with van der Waals surface area (Å²) in [7, 11) is 1.67. The third-order valence-corrected chi connectivity index (χ3v) is 6.93. The average Bonchev–Trinajstić information content (AvgIpc) is 3.32. The molecule has 3 heterocycles. The van der Waals surface area contributed by atoms with Crippen LogP contribution in [0, 0.1) is 12.8 Å². The summed E-state index contributed by atoms with van der Waals surface area (Å²) in [5, 5.41) is 17.8. The predicted octanol–water partition coefficient (Wildman–Crippen LogP) is 4.23. The zero-order valence-corrected chi connectivity index (χ0v) is 22.9. The number of halogens is 1. The molecule has 1 amide bonds. The number of carbonyl (C=O) groups is 2. The van der Waals surface area contributed by atoms with Crippen molar-refractivity contribution >= 4 is 34.7 Å². The van der Waals surface area contributed by atoms with Crippen molar-refractivity contribution in [2.24, 2.45) is 5.92 Å². The number of amides is 1. The van der Waals surface area contributed by atoms with Crippen LogP contribution in [0.2, 0.25) is 0 Å². The van der Waals surface area contributed by atoms with Gasteiger partial charge >= 0.3 is 12.1 Å². The van der Waals surface area contributed by atoms with Crippen molar-refractivity contribution < 1.29 is 24.2 Å². The van der Waals surface area contributed by atoms with Gasteiger partial charge in [-0.3, -0.25) is 9.78 Å². The fraction of sp³-hybridized carbons (Fsp3) is 0.440. The molecule has 3 aromatic rings. The summed E-state index contributed by atoms with van der Waals surface area (Å²) in [6, 6.07) is 7.33. The first-order valence-corrected chi connectivity index (χ1v) is 13.5. The number of hydrogen-bond acceptors (Lipinski definition) is 8. The number of aliphatic carboxylic acids is 1. The molecule has 0 radical (unpaired) electrons. The Morgan fingerprint density at radius 2 is 2.11 bits per heavy atom. The van der Waals surface area contributed by atoms with Gasteiger partial charge in [-0.25, -0.2) is 14.5 Å². The maximum Gasteiger partial charge on any atom is 0.410 e. The van der Waals surface area contributed by atoms with Crippen LogP contribution in [0.15, 0.2) is 36.7 Å². The van der Waals surface area contributed by atoms with Gasteiger partial charge in [0.2, 0.25) is 0 Å². The van der Waals surface area contributed by atoms with Crippen molar-refractivity contribution in [2.75, 3.05) is 7.05 Å². The number of aromatic nitrogens is 5. The van der Waals surface area contributed by atoms with E-state index in [9.17, 15) is 14.7 Å². The van der Waals surface area contributed by atoms with Crippen molar-refractivity contribution in [3.8, 4) is 17.1 Å². The van der Waals surface area contributed by atoms with E-state index in [2.05, 4.69) is 42.9 Å². The molecule has 0 bridgehead atoms. The van der Waals surface area contributed by atoms with E-state index in [1.165, 1.54) is 4.90 Å². The molecule has 0 saturated heterocycles. The van der Waals surface area contributed by atoms with Crippen molar-refractivity contribution in [3.05, 3.63) is 53.6 Å². The normalized spacial score (nSPS) is 17.3. The zero-order chi connectivity index (χ0) is 26.4. The number of nitrogens with zero attached hydrogens (tertiary/aromatic N) is 6. The maximum absolute atomic E-state index is 12.6. The smallest absolute Gasteiger partial charge is 0.410 e. The average molecular weight is 620 g/mol. The lowest BCUT2D eigenvalue weighted by molar-refractivity contribution is -0.143. The van der Waals surface area contributed by atoms with Crippen molar-refractivity contribution in [2.45, 2.75) is 56.4 Å². The molecule has 1 N–H and O–H groups in total. The van der Waals surface area contributed by atoms with Gasteiger partial charge in [-0.15, -0.1) is 5.10 Å². The third-order valence-electron chi connectivity index (χ3n) is 6.29. The predicted molar refractivity (Wildman–Crippen MR) is 142 cm³/mol. The number of carboxylic acid groups (broad SMARTS) is 1. The molecule has 1 saturated carbocycles. The zero-order valence-electron chi connectivity index (χ0n) is 20.7. The lowest BCUT2D eigenvalue weighted by atomic mass is 9.87. The first-order valence-electron chi connectivity index (χ1n) is 12.0. The summed E-state index contributed by atoms with van der Waals surface area (Å²) < 4.78 is 13.9. The molecule has 3 aromatic heterocycles. The topological polar surface area (TPSA) is 133 Å². The SMILES string of the molecule is Cc1nc(-c2nnn(CI)c2COC(=O)N(C)Cc2cccnc2)ccc1O[C@H]1CCC[C@H](C(=O)O)C1. The Labute approximate surface area is 228 Å². The van der Waals surface area contributed by atoms with E-state index >= 15 is 0 Å². The molecule has 196 valence electrons. The summed E-state index contributed by atoms with van der Waals surface area (Å²) in [5.74, 6) is -0.525. The second kappa shape index (κ2) is 12.3. The van der Waals surface area contributed by atoms with Crippen molar-refractivity contribution in [3.63, 3.8) is 0 Å². The highest BCUT2D eigenvalue weighted by Gasteiger charge is 2.28. The molecule has 1 fully saturated rings. The van der Waals surface area contributed by atoms with Crippen molar-refractivity contribution in [1.82, 2.24) is 29.9 Å². The molecule has 0 spiro atoms. The minimum Gasteiger partial charge on any atom is -0.489 e. The standard InChI is InChI=1S/C25H29IN6O5/c1-16-22(37-19-7-3-6-18(11-19)24(33)34)9-8-20(28-16)23-21(32(15-26)30-29-23)14-36-25(35)31(2)13-17-5-4-10-27-12-17/h4-5,8-10,12,18-19H,3,6-7,11,13-15H2,1-2H3,(H,33,34)/t18-,19-/m0/s1. The lowest BCUT2D eigenvalue weighted by Gasteiger charge is -2.27. The van der Waals surface area contributed by atoms with Gasteiger partial charge in [0, 0.05) is 19.4 Å². The second-order valence-corrected chi connectivity index (χ2v) is 9.68. The fourth-order valence-electron chi connectivity index (χ4n) is 4.30. The summed E-state index contributed by atoms with van der Waals surface area (Å²) in [6.07, 6.45) is 5.58. The number of alkyl halides is 1. The minimum absolute atomic E-state index is 0.0147. The number of ether oxygens (including phenoxy) is 2. The molecule has 12 heteroatoms. The number of pyridine rings is 2. The summed E-state index contributed by atoms with van der Waals surface area (Å²) in [5.41, 5.74) is 3.31. The third kappa shape index (κ3) is 6.73. The lowest BCUT2D eigenvalue weighted by Crippen LogP contribution is -2.29. The highest BCUT2D eigenvalue weighted by molar-refractivity contribution is 14.1. The first kappa shape index (κ1) is 26.8. The van der Waals surface area contributed by atoms with Crippen LogP contribution in [-0.2, 0) is 27.2 Å². The second-order valence-electron chi connectivity index (χ2n) is 9.00. The quantitative estimate of drug-likeness (QED) is 0.276. The Bertz CT molecular complexity index is 1240. The van der Waals surface area contributed by atoms with Gasteiger partial charge in [-0.1, -0.05) is 33.9 Å². The Hall–Kier alpha value is -3.29.